The lowest BCUT2D eigenvalue weighted by Crippen LogP contribution is -2.48. The van der Waals surface area contributed by atoms with E-state index in [9.17, 15) is 5.11 Å². The van der Waals surface area contributed by atoms with E-state index in [4.69, 9.17) is 0 Å². The third-order valence-corrected chi connectivity index (χ3v) is 4.20. The highest BCUT2D eigenvalue weighted by atomic mass is 35.5. The van der Waals surface area contributed by atoms with Crippen molar-refractivity contribution in [3.8, 4) is 0 Å². The van der Waals surface area contributed by atoms with Crippen LogP contribution in [0.5, 0.6) is 0 Å². The van der Waals surface area contributed by atoms with E-state index >= 15 is 0 Å². The van der Waals surface area contributed by atoms with Crippen molar-refractivity contribution in [3.05, 3.63) is 36.3 Å². The molecule has 3 nitrogen and oxygen atoms in total. The molecule has 0 aromatic carbocycles. The highest BCUT2D eigenvalue weighted by Crippen LogP contribution is 2.37. The van der Waals surface area contributed by atoms with Crippen molar-refractivity contribution in [2.24, 2.45) is 11.8 Å². The monoisotopic (exact) mass is 254 g/mol. The molecule has 17 heavy (non-hydrogen) atoms. The van der Waals surface area contributed by atoms with Crippen molar-refractivity contribution < 1.29 is 5.11 Å². The minimum atomic E-state index is 0. The second-order valence-electron chi connectivity index (χ2n) is 5.07. The molecule has 5 atom stereocenters. The SMILES string of the molecule is CC1C2NC3C=C(O)C=CC3C2C=CN1C.Cl. The molecule has 0 spiro atoms. The zero-order valence-corrected chi connectivity index (χ0v) is 10.9. The number of nitrogens with one attached hydrogen (secondary N) is 1. The smallest absolute Gasteiger partial charge is 0.112 e. The minimum absolute atomic E-state index is 0. The van der Waals surface area contributed by atoms with Gasteiger partial charge in [0.25, 0.3) is 0 Å². The Kier molecular flexibility index (Phi) is 3.23. The Morgan fingerprint density at radius 2 is 2.06 bits per heavy atom. The summed E-state index contributed by atoms with van der Waals surface area (Å²) in [5.41, 5.74) is 0. The summed E-state index contributed by atoms with van der Waals surface area (Å²) in [6.07, 6.45) is 10.4. The van der Waals surface area contributed by atoms with E-state index in [1.54, 1.807) is 0 Å². The lowest BCUT2D eigenvalue weighted by atomic mass is 9.81. The summed E-state index contributed by atoms with van der Waals surface area (Å²) in [6.45, 7) is 2.25. The van der Waals surface area contributed by atoms with Gasteiger partial charge >= 0.3 is 0 Å². The third-order valence-electron chi connectivity index (χ3n) is 4.20. The molecule has 0 bridgehead atoms. The van der Waals surface area contributed by atoms with Crippen LogP contribution in [-0.4, -0.2) is 35.2 Å². The van der Waals surface area contributed by atoms with Crippen molar-refractivity contribution in [2.75, 3.05) is 7.05 Å². The second-order valence-corrected chi connectivity index (χ2v) is 5.07. The number of allylic oxidation sites excluding steroid dienone is 1. The Bertz CT molecular complexity index is 391. The van der Waals surface area contributed by atoms with Crippen LogP contribution in [0.3, 0.4) is 0 Å². The fourth-order valence-corrected chi connectivity index (χ4v) is 3.11. The lowest BCUT2D eigenvalue weighted by Gasteiger charge is -2.36. The maximum atomic E-state index is 9.51. The van der Waals surface area contributed by atoms with Crippen LogP contribution >= 0.6 is 12.4 Å². The molecule has 94 valence electrons. The van der Waals surface area contributed by atoms with E-state index < -0.39 is 0 Å². The molecule has 3 rings (SSSR count). The average molecular weight is 255 g/mol. The van der Waals surface area contributed by atoms with Crippen molar-refractivity contribution in [3.63, 3.8) is 0 Å². The molecule has 4 heteroatoms. The van der Waals surface area contributed by atoms with Crippen LogP contribution in [-0.2, 0) is 0 Å². The molecule has 1 fully saturated rings. The molecule has 2 heterocycles. The maximum Gasteiger partial charge on any atom is 0.112 e. The molecule has 1 saturated heterocycles. The third kappa shape index (κ3) is 1.87. The van der Waals surface area contributed by atoms with Crippen LogP contribution in [0.4, 0.5) is 0 Å². The molecule has 0 aromatic heterocycles. The first-order valence-electron chi connectivity index (χ1n) is 5.92. The lowest BCUT2D eigenvalue weighted by molar-refractivity contribution is 0.238. The summed E-state index contributed by atoms with van der Waals surface area (Å²) in [4.78, 5) is 2.25. The topological polar surface area (TPSA) is 35.5 Å². The minimum Gasteiger partial charge on any atom is -0.508 e. The van der Waals surface area contributed by atoms with Crippen molar-refractivity contribution >= 4 is 12.4 Å². The van der Waals surface area contributed by atoms with Gasteiger partial charge in [0.1, 0.15) is 5.76 Å². The number of aliphatic hydroxyl groups excluding tert-OH is 1. The molecule has 0 radical (unpaired) electrons. The predicted molar refractivity (Wildman–Crippen MR) is 71.2 cm³/mol. The summed E-state index contributed by atoms with van der Waals surface area (Å²) in [5.74, 6) is 1.43. The highest BCUT2D eigenvalue weighted by Gasteiger charge is 2.44. The average Bonchev–Trinajstić information content (AvgIpc) is 2.62. The molecule has 0 aromatic rings. The second kappa shape index (κ2) is 4.39. The molecular formula is C13H19ClN2O. The Balaban J connectivity index is 0.00000108. The van der Waals surface area contributed by atoms with Gasteiger partial charge in [0.05, 0.1) is 0 Å². The Labute approximate surface area is 108 Å². The van der Waals surface area contributed by atoms with Gasteiger partial charge in [-0.3, -0.25) is 0 Å². The predicted octanol–water partition coefficient (Wildman–Crippen LogP) is 1.84. The molecule has 0 amide bonds. The van der Waals surface area contributed by atoms with Crippen molar-refractivity contribution in [2.45, 2.75) is 25.0 Å². The van der Waals surface area contributed by atoms with Gasteiger partial charge in [-0.15, -0.1) is 12.4 Å². The van der Waals surface area contributed by atoms with E-state index in [1.807, 2.05) is 12.2 Å². The first-order chi connectivity index (χ1) is 7.66. The van der Waals surface area contributed by atoms with Gasteiger partial charge in [0, 0.05) is 37.0 Å². The summed E-state index contributed by atoms with van der Waals surface area (Å²) < 4.78 is 0. The van der Waals surface area contributed by atoms with Crippen molar-refractivity contribution in [1.29, 1.82) is 0 Å². The van der Waals surface area contributed by atoms with Crippen LogP contribution in [0.1, 0.15) is 6.92 Å². The van der Waals surface area contributed by atoms with Crippen LogP contribution in [0.25, 0.3) is 0 Å². The van der Waals surface area contributed by atoms with E-state index in [0.29, 0.717) is 35.7 Å². The molecule has 1 aliphatic carbocycles. The number of halogens is 1. The molecule has 2 aliphatic heterocycles. The number of fused-ring (bicyclic) bond motifs is 3. The van der Waals surface area contributed by atoms with Crippen LogP contribution < -0.4 is 5.32 Å². The first-order valence-corrected chi connectivity index (χ1v) is 5.92. The number of hydrogen-bond acceptors (Lipinski definition) is 3. The Hall–Kier alpha value is -0.930. The fraction of sp³-hybridized carbons (Fsp3) is 0.538. The maximum absolute atomic E-state index is 9.51. The number of aliphatic hydroxyl groups is 1. The summed E-state index contributed by atoms with van der Waals surface area (Å²) in [5, 5.41) is 13.1. The van der Waals surface area contributed by atoms with Gasteiger partial charge in [0.2, 0.25) is 0 Å². The number of nitrogens with zero attached hydrogens (tertiary/aromatic N) is 1. The van der Waals surface area contributed by atoms with E-state index in [1.165, 1.54) is 0 Å². The molecular weight excluding hydrogens is 236 g/mol. The first kappa shape index (κ1) is 12.5. The number of rotatable bonds is 0. The summed E-state index contributed by atoms with van der Waals surface area (Å²) in [6, 6.07) is 1.28. The summed E-state index contributed by atoms with van der Waals surface area (Å²) >= 11 is 0. The van der Waals surface area contributed by atoms with E-state index in [-0.39, 0.29) is 12.4 Å². The van der Waals surface area contributed by atoms with Gasteiger partial charge in [-0.25, -0.2) is 0 Å². The van der Waals surface area contributed by atoms with Gasteiger partial charge in [-0.2, -0.15) is 0 Å². The zero-order chi connectivity index (χ0) is 11.3. The van der Waals surface area contributed by atoms with E-state index in [2.05, 4.69) is 42.5 Å². The standard InChI is InChI=1S/C13H18N2O.ClH/c1-8-13-11(5-6-15(8)2)10-4-3-9(16)7-12(10)14-13;/h3-8,10-14,16H,1-2H3;1H. The quantitative estimate of drug-likeness (QED) is 0.693. The van der Waals surface area contributed by atoms with Gasteiger partial charge in [0.15, 0.2) is 0 Å². The Morgan fingerprint density at radius 3 is 2.82 bits per heavy atom. The van der Waals surface area contributed by atoms with Crippen molar-refractivity contribution in [1.82, 2.24) is 10.2 Å². The normalized spacial score (nSPS) is 42.6. The largest absolute Gasteiger partial charge is 0.508 e. The van der Waals surface area contributed by atoms with Gasteiger partial charge in [-0.1, -0.05) is 12.2 Å². The number of hydrogen-bond donors (Lipinski definition) is 2. The molecule has 2 N–H and O–H groups in total. The highest BCUT2D eigenvalue weighted by molar-refractivity contribution is 5.85. The number of likely N-dealkylation sites (N-methyl/N-ethyl adjacent to an activating group) is 1. The van der Waals surface area contributed by atoms with Crippen LogP contribution in [0.15, 0.2) is 36.3 Å². The Morgan fingerprint density at radius 1 is 1.29 bits per heavy atom. The van der Waals surface area contributed by atoms with Gasteiger partial charge in [-0.05, 0) is 25.3 Å². The molecule has 5 unspecified atom stereocenters. The zero-order valence-electron chi connectivity index (χ0n) is 10.1. The fourth-order valence-electron chi connectivity index (χ4n) is 3.11. The van der Waals surface area contributed by atoms with Crippen LogP contribution in [0, 0.1) is 11.8 Å². The van der Waals surface area contributed by atoms with Crippen LogP contribution in [0.2, 0.25) is 0 Å². The van der Waals surface area contributed by atoms with Gasteiger partial charge < -0.3 is 15.3 Å². The molecule has 3 aliphatic rings. The van der Waals surface area contributed by atoms with E-state index in [0.717, 1.165) is 0 Å². The molecule has 0 saturated carbocycles. The summed E-state index contributed by atoms with van der Waals surface area (Å²) in [7, 11) is 2.12.